The zero-order chi connectivity index (χ0) is 16.0. The Morgan fingerprint density at radius 3 is 2.52 bits per heavy atom. The molecule has 0 atom stereocenters. The van der Waals surface area contributed by atoms with E-state index in [2.05, 4.69) is 19.2 Å². The first kappa shape index (κ1) is 18.4. The summed E-state index contributed by atoms with van der Waals surface area (Å²) in [4.78, 5) is 0.249. The van der Waals surface area contributed by atoms with E-state index in [1.807, 2.05) is 6.92 Å². The highest BCUT2D eigenvalue weighted by Crippen LogP contribution is 2.23. The smallest absolute Gasteiger partial charge is 0.242 e. The van der Waals surface area contributed by atoms with E-state index in [-0.39, 0.29) is 4.90 Å². The third kappa shape index (κ3) is 5.25. The lowest BCUT2D eigenvalue weighted by atomic mass is 10.1. The van der Waals surface area contributed by atoms with Crippen molar-refractivity contribution < 1.29 is 8.42 Å². The number of nitrogens with zero attached hydrogens (tertiary/aromatic N) is 1. The van der Waals surface area contributed by atoms with Gasteiger partial charge < -0.3 is 5.32 Å². The number of rotatable bonds is 8. The summed E-state index contributed by atoms with van der Waals surface area (Å²) in [6.07, 6.45) is 0.835. The van der Waals surface area contributed by atoms with Gasteiger partial charge in [-0.2, -0.15) is 0 Å². The van der Waals surface area contributed by atoms with Crippen LogP contribution in [0.5, 0.6) is 0 Å². The lowest BCUT2D eigenvalue weighted by molar-refractivity contribution is 0.428. The zero-order valence-corrected chi connectivity index (χ0v) is 14.8. The monoisotopic (exact) mass is 332 g/mol. The Labute approximate surface area is 133 Å². The van der Waals surface area contributed by atoms with Gasteiger partial charge in [-0.25, -0.2) is 12.7 Å². The van der Waals surface area contributed by atoms with Crippen molar-refractivity contribution >= 4 is 21.6 Å². The Morgan fingerprint density at radius 2 is 2.00 bits per heavy atom. The number of hydrogen-bond donors (Lipinski definition) is 1. The molecule has 0 bridgehead atoms. The minimum absolute atomic E-state index is 0.249. The maximum atomic E-state index is 12.5. The Bertz CT molecular complexity index is 559. The first-order valence-corrected chi connectivity index (χ1v) is 9.06. The fraction of sp³-hybridized carbons (Fsp3) is 0.600. The molecular weight excluding hydrogens is 308 g/mol. The fourth-order valence-corrected chi connectivity index (χ4v) is 3.36. The standard InChI is InChI=1S/C15H25ClN2O2S/c1-5-17-11-13-6-7-14(10-15(13)16)21(19,20)18(4)9-8-12(2)3/h6-7,10,12,17H,5,8-9,11H2,1-4H3. The van der Waals surface area contributed by atoms with Gasteiger partial charge in [-0.05, 0) is 36.6 Å². The number of benzene rings is 1. The topological polar surface area (TPSA) is 49.4 Å². The van der Waals surface area contributed by atoms with Crippen molar-refractivity contribution in [1.82, 2.24) is 9.62 Å². The summed E-state index contributed by atoms with van der Waals surface area (Å²) in [6.45, 7) is 8.15. The third-order valence-corrected chi connectivity index (χ3v) is 5.52. The molecule has 21 heavy (non-hydrogen) atoms. The minimum atomic E-state index is -3.47. The van der Waals surface area contributed by atoms with E-state index in [4.69, 9.17) is 11.6 Å². The summed E-state index contributed by atoms with van der Waals surface area (Å²) in [7, 11) is -1.86. The van der Waals surface area contributed by atoms with Crippen LogP contribution in [0.4, 0.5) is 0 Å². The highest BCUT2D eigenvalue weighted by atomic mass is 35.5. The van der Waals surface area contributed by atoms with Crippen LogP contribution in [-0.4, -0.2) is 32.9 Å². The molecule has 0 amide bonds. The van der Waals surface area contributed by atoms with Crippen molar-refractivity contribution in [1.29, 1.82) is 0 Å². The fourth-order valence-electron chi connectivity index (χ4n) is 1.83. The zero-order valence-electron chi connectivity index (χ0n) is 13.2. The molecule has 0 saturated heterocycles. The molecule has 0 saturated carbocycles. The van der Waals surface area contributed by atoms with Crippen molar-refractivity contribution in [2.75, 3.05) is 20.1 Å². The van der Waals surface area contributed by atoms with Gasteiger partial charge in [-0.15, -0.1) is 0 Å². The van der Waals surface area contributed by atoms with E-state index in [9.17, 15) is 8.42 Å². The molecule has 1 aromatic carbocycles. The summed E-state index contributed by atoms with van der Waals surface area (Å²) in [6, 6.07) is 4.93. The average Bonchev–Trinajstić information content (AvgIpc) is 2.43. The second-order valence-electron chi connectivity index (χ2n) is 5.54. The molecule has 120 valence electrons. The molecule has 0 radical (unpaired) electrons. The van der Waals surface area contributed by atoms with E-state index in [0.717, 1.165) is 18.5 Å². The number of hydrogen-bond acceptors (Lipinski definition) is 3. The average molecular weight is 333 g/mol. The molecule has 0 aromatic heterocycles. The van der Waals surface area contributed by atoms with Gasteiger partial charge in [-0.1, -0.05) is 38.4 Å². The second kappa shape index (κ2) is 8.13. The molecule has 0 aliphatic rings. The van der Waals surface area contributed by atoms with Gasteiger partial charge in [0, 0.05) is 25.2 Å². The maximum absolute atomic E-state index is 12.5. The Balaban J connectivity index is 2.91. The molecule has 1 rings (SSSR count). The molecule has 6 heteroatoms. The Morgan fingerprint density at radius 1 is 1.33 bits per heavy atom. The van der Waals surface area contributed by atoms with Crippen LogP contribution in [0.25, 0.3) is 0 Å². The molecule has 0 unspecified atom stereocenters. The minimum Gasteiger partial charge on any atom is -0.313 e. The van der Waals surface area contributed by atoms with E-state index in [1.54, 1.807) is 19.2 Å². The van der Waals surface area contributed by atoms with Crippen LogP contribution < -0.4 is 5.32 Å². The molecule has 4 nitrogen and oxygen atoms in total. The van der Waals surface area contributed by atoms with Crippen LogP contribution in [0.15, 0.2) is 23.1 Å². The van der Waals surface area contributed by atoms with E-state index in [1.165, 1.54) is 10.4 Å². The van der Waals surface area contributed by atoms with Gasteiger partial charge in [0.1, 0.15) is 0 Å². The third-order valence-electron chi connectivity index (χ3n) is 3.32. The van der Waals surface area contributed by atoms with Gasteiger partial charge in [0.15, 0.2) is 0 Å². The van der Waals surface area contributed by atoms with Crippen LogP contribution in [0.1, 0.15) is 32.8 Å². The van der Waals surface area contributed by atoms with Crippen molar-refractivity contribution in [3.8, 4) is 0 Å². The van der Waals surface area contributed by atoms with Gasteiger partial charge in [0.2, 0.25) is 10.0 Å². The summed E-state index contributed by atoms with van der Waals surface area (Å²) in [5, 5.41) is 3.66. The lowest BCUT2D eigenvalue weighted by Crippen LogP contribution is -2.28. The molecular formula is C15H25ClN2O2S. The van der Waals surface area contributed by atoms with Gasteiger partial charge in [0.25, 0.3) is 0 Å². The molecule has 0 aliphatic heterocycles. The predicted molar refractivity (Wildman–Crippen MR) is 88.1 cm³/mol. The van der Waals surface area contributed by atoms with Gasteiger partial charge in [-0.3, -0.25) is 0 Å². The van der Waals surface area contributed by atoms with Crippen LogP contribution in [0, 0.1) is 5.92 Å². The first-order chi connectivity index (χ1) is 9.78. The van der Waals surface area contributed by atoms with Crippen molar-refractivity contribution in [2.24, 2.45) is 5.92 Å². The molecule has 1 aromatic rings. The molecule has 0 spiro atoms. The van der Waals surface area contributed by atoms with Crippen molar-refractivity contribution in [2.45, 2.75) is 38.6 Å². The molecule has 0 aliphatic carbocycles. The normalized spacial score (nSPS) is 12.3. The summed E-state index contributed by atoms with van der Waals surface area (Å²) in [5.41, 5.74) is 0.905. The Kier molecular flexibility index (Phi) is 7.13. The van der Waals surface area contributed by atoms with Crippen LogP contribution in [-0.2, 0) is 16.6 Å². The predicted octanol–water partition coefficient (Wildman–Crippen LogP) is 3.12. The van der Waals surface area contributed by atoms with Gasteiger partial charge in [0.05, 0.1) is 4.90 Å². The second-order valence-corrected chi connectivity index (χ2v) is 7.99. The van der Waals surface area contributed by atoms with Crippen molar-refractivity contribution in [3.63, 3.8) is 0 Å². The SMILES string of the molecule is CCNCc1ccc(S(=O)(=O)N(C)CCC(C)C)cc1Cl. The summed E-state index contributed by atoms with van der Waals surface area (Å²) in [5.74, 6) is 0.466. The number of sulfonamides is 1. The van der Waals surface area contributed by atoms with Crippen molar-refractivity contribution in [3.05, 3.63) is 28.8 Å². The highest BCUT2D eigenvalue weighted by molar-refractivity contribution is 7.89. The van der Waals surface area contributed by atoms with Crippen LogP contribution >= 0.6 is 11.6 Å². The van der Waals surface area contributed by atoms with E-state index in [0.29, 0.717) is 24.0 Å². The molecule has 1 N–H and O–H groups in total. The van der Waals surface area contributed by atoms with E-state index < -0.39 is 10.0 Å². The molecule has 0 heterocycles. The number of halogens is 1. The molecule has 0 fully saturated rings. The number of nitrogens with one attached hydrogen (secondary N) is 1. The Hall–Kier alpha value is -0.620. The summed E-state index contributed by atoms with van der Waals surface area (Å²) < 4.78 is 26.3. The van der Waals surface area contributed by atoms with Crippen LogP contribution in [0.2, 0.25) is 5.02 Å². The largest absolute Gasteiger partial charge is 0.313 e. The quantitative estimate of drug-likeness (QED) is 0.795. The van der Waals surface area contributed by atoms with Crippen LogP contribution in [0.3, 0.4) is 0 Å². The maximum Gasteiger partial charge on any atom is 0.242 e. The first-order valence-electron chi connectivity index (χ1n) is 7.24. The van der Waals surface area contributed by atoms with E-state index >= 15 is 0 Å². The highest BCUT2D eigenvalue weighted by Gasteiger charge is 2.21. The van der Waals surface area contributed by atoms with Gasteiger partial charge >= 0.3 is 0 Å². The lowest BCUT2D eigenvalue weighted by Gasteiger charge is -2.18. The summed E-state index contributed by atoms with van der Waals surface area (Å²) >= 11 is 6.18.